The molecule has 0 aliphatic carbocycles. The van der Waals surface area contributed by atoms with E-state index in [1.54, 1.807) is 6.20 Å². The molecule has 1 aliphatic rings. The number of anilines is 2. The molecular formula is C12H18N4O2. The summed E-state index contributed by atoms with van der Waals surface area (Å²) < 4.78 is 5.29. The van der Waals surface area contributed by atoms with Crippen molar-refractivity contribution in [1.82, 2.24) is 10.3 Å². The summed E-state index contributed by atoms with van der Waals surface area (Å²) in [6.07, 6.45) is 1.67. The summed E-state index contributed by atoms with van der Waals surface area (Å²) in [5.74, 6) is 0.916. The molecule has 0 aromatic carbocycles. The van der Waals surface area contributed by atoms with E-state index in [0.29, 0.717) is 12.2 Å². The lowest BCUT2D eigenvalue weighted by atomic mass is 10.3. The highest BCUT2D eigenvalue weighted by molar-refractivity contribution is 5.89. The summed E-state index contributed by atoms with van der Waals surface area (Å²) in [7, 11) is 0. The Balaban J connectivity index is 1.94. The largest absolute Gasteiger partial charge is 0.378 e. The zero-order chi connectivity index (χ0) is 12.8. The number of rotatable bonds is 3. The maximum Gasteiger partial charge on any atom is 0.319 e. The fourth-order valence-electron chi connectivity index (χ4n) is 1.78. The number of morpholine rings is 1. The minimum Gasteiger partial charge on any atom is -0.378 e. The third kappa shape index (κ3) is 3.33. The van der Waals surface area contributed by atoms with Crippen LogP contribution in [0.3, 0.4) is 0 Å². The van der Waals surface area contributed by atoms with E-state index in [1.165, 1.54) is 0 Å². The topological polar surface area (TPSA) is 66.5 Å². The van der Waals surface area contributed by atoms with Crippen LogP contribution in [0.4, 0.5) is 16.3 Å². The van der Waals surface area contributed by atoms with Crippen LogP contribution in [0.1, 0.15) is 6.92 Å². The fraction of sp³-hybridized carbons (Fsp3) is 0.500. The number of hydrogen-bond acceptors (Lipinski definition) is 4. The van der Waals surface area contributed by atoms with Crippen LogP contribution in [-0.4, -0.2) is 43.9 Å². The van der Waals surface area contributed by atoms with E-state index < -0.39 is 0 Å². The van der Waals surface area contributed by atoms with Gasteiger partial charge in [-0.05, 0) is 19.1 Å². The Hall–Kier alpha value is -1.82. The van der Waals surface area contributed by atoms with Gasteiger partial charge in [-0.3, -0.25) is 0 Å². The maximum absolute atomic E-state index is 11.3. The standard InChI is InChI=1S/C12H18N4O2/c1-2-13-12(17)15-10-3-4-11(14-9-10)16-5-7-18-8-6-16/h3-4,9H,2,5-8H2,1H3,(H2,13,15,17). The van der Waals surface area contributed by atoms with Crippen molar-refractivity contribution in [2.75, 3.05) is 43.1 Å². The fourth-order valence-corrected chi connectivity index (χ4v) is 1.78. The summed E-state index contributed by atoms with van der Waals surface area (Å²) in [4.78, 5) is 17.8. The van der Waals surface area contributed by atoms with Crippen LogP contribution in [0.2, 0.25) is 0 Å². The first kappa shape index (κ1) is 12.6. The van der Waals surface area contributed by atoms with E-state index in [2.05, 4.69) is 20.5 Å². The van der Waals surface area contributed by atoms with Crippen molar-refractivity contribution in [3.63, 3.8) is 0 Å². The first-order valence-electron chi connectivity index (χ1n) is 6.13. The second-order valence-electron chi connectivity index (χ2n) is 3.99. The van der Waals surface area contributed by atoms with Crippen molar-refractivity contribution in [3.8, 4) is 0 Å². The highest BCUT2D eigenvalue weighted by Crippen LogP contribution is 2.15. The number of aromatic nitrogens is 1. The number of nitrogens with one attached hydrogen (secondary N) is 2. The Labute approximate surface area is 106 Å². The Kier molecular flexibility index (Phi) is 4.35. The quantitative estimate of drug-likeness (QED) is 0.841. The number of amides is 2. The summed E-state index contributed by atoms with van der Waals surface area (Å²) >= 11 is 0. The Morgan fingerprint density at radius 2 is 2.22 bits per heavy atom. The van der Waals surface area contributed by atoms with Gasteiger partial charge in [0.05, 0.1) is 25.1 Å². The molecule has 2 amide bonds. The number of nitrogens with zero attached hydrogens (tertiary/aromatic N) is 2. The SMILES string of the molecule is CCNC(=O)Nc1ccc(N2CCOCC2)nc1. The molecule has 0 radical (unpaired) electrons. The summed E-state index contributed by atoms with van der Waals surface area (Å²) in [6.45, 7) is 5.66. The number of hydrogen-bond donors (Lipinski definition) is 2. The van der Waals surface area contributed by atoms with E-state index in [0.717, 1.165) is 32.1 Å². The van der Waals surface area contributed by atoms with Gasteiger partial charge in [0.15, 0.2) is 0 Å². The Morgan fingerprint density at radius 1 is 1.44 bits per heavy atom. The van der Waals surface area contributed by atoms with Crippen LogP contribution in [0.25, 0.3) is 0 Å². The molecule has 2 rings (SSSR count). The zero-order valence-corrected chi connectivity index (χ0v) is 10.5. The molecule has 0 bridgehead atoms. The van der Waals surface area contributed by atoms with Crippen LogP contribution in [0, 0.1) is 0 Å². The van der Waals surface area contributed by atoms with Gasteiger partial charge in [0, 0.05) is 19.6 Å². The Bertz CT molecular complexity index is 388. The van der Waals surface area contributed by atoms with Crippen molar-refractivity contribution < 1.29 is 9.53 Å². The molecule has 1 fully saturated rings. The van der Waals surface area contributed by atoms with Gasteiger partial charge in [0.25, 0.3) is 0 Å². The van der Waals surface area contributed by atoms with Gasteiger partial charge < -0.3 is 20.3 Å². The molecule has 98 valence electrons. The van der Waals surface area contributed by atoms with Gasteiger partial charge in [0.2, 0.25) is 0 Å². The van der Waals surface area contributed by atoms with Crippen LogP contribution < -0.4 is 15.5 Å². The summed E-state index contributed by atoms with van der Waals surface area (Å²) in [5.41, 5.74) is 0.693. The first-order valence-corrected chi connectivity index (χ1v) is 6.13. The van der Waals surface area contributed by atoms with Gasteiger partial charge >= 0.3 is 6.03 Å². The highest BCUT2D eigenvalue weighted by Gasteiger charge is 2.12. The predicted octanol–water partition coefficient (Wildman–Crippen LogP) is 1.06. The molecule has 0 saturated carbocycles. The minimum absolute atomic E-state index is 0.210. The third-order valence-corrected chi connectivity index (χ3v) is 2.68. The Morgan fingerprint density at radius 3 is 2.83 bits per heavy atom. The number of carbonyl (C=O) groups is 1. The van der Waals surface area contributed by atoms with Crippen molar-refractivity contribution in [2.45, 2.75) is 6.92 Å². The highest BCUT2D eigenvalue weighted by atomic mass is 16.5. The van der Waals surface area contributed by atoms with Gasteiger partial charge in [0.1, 0.15) is 5.82 Å². The predicted molar refractivity (Wildman–Crippen MR) is 70.0 cm³/mol. The summed E-state index contributed by atoms with van der Waals surface area (Å²) in [6, 6.07) is 3.55. The molecule has 0 unspecified atom stereocenters. The molecule has 0 atom stereocenters. The molecule has 1 saturated heterocycles. The van der Waals surface area contributed by atoms with Crippen molar-refractivity contribution in [3.05, 3.63) is 18.3 Å². The van der Waals surface area contributed by atoms with E-state index in [-0.39, 0.29) is 6.03 Å². The second-order valence-corrected chi connectivity index (χ2v) is 3.99. The smallest absolute Gasteiger partial charge is 0.319 e. The van der Waals surface area contributed by atoms with Crippen LogP contribution in [0.5, 0.6) is 0 Å². The molecule has 1 aromatic rings. The number of urea groups is 1. The zero-order valence-electron chi connectivity index (χ0n) is 10.5. The van der Waals surface area contributed by atoms with Gasteiger partial charge in [-0.2, -0.15) is 0 Å². The average Bonchev–Trinajstić information content (AvgIpc) is 2.41. The molecule has 0 spiro atoms. The lowest BCUT2D eigenvalue weighted by Gasteiger charge is -2.27. The third-order valence-electron chi connectivity index (χ3n) is 2.68. The monoisotopic (exact) mass is 250 g/mol. The molecule has 2 heterocycles. The molecule has 18 heavy (non-hydrogen) atoms. The molecule has 6 nitrogen and oxygen atoms in total. The molecule has 1 aromatic heterocycles. The number of pyridine rings is 1. The van der Waals surface area contributed by atoms with E-state index in [1.807, 2.05) is 19.1 Å². The lowest BCUT2D eigenvalue weighted by molar-refractivity contribution is 0.122. The minimum atomic E-state index is -0.210. The normalized spacial score (nSPS) is 15.3. The van der Waals surface area contributed by atoms with Crippen LogP contribution in [-0.2, 0) is 4.74 Å². The first-order chi connectivity index (χ1) is 8.79. The van der Waals surface area contributed by atoms with Gasteiger partial charge in [-0.1, -0.05) is 0 Å². The number of carbonyl (C=O) groups excluding carboxylic acids is 1. The van der Waals surface area contributed by atoms with E-state index in [9.17, 15) is 4.79 Å². The van der Waals surface area contributed by atoms with Gasteiger partial charge in [-0.25, -0.2) is 9.78 Å². The van der Waals surface area contributed by atoms with Crippen molar-refractivity contribution in [1.29, 1.82) is 0 Å². The maximum atomic E-state index is 11.3. The van der Waals surface area contributed by atoms with Gasteiger partial charge in [-0.15, -0.1) is 0 Å². The van der Waals surface area contributed by atoms with Crippen molar-refractivity contribution in [2.24, 2.45) is 0 Å². The average molecular weight is 250 g/mol. The van der Waals surface area contributed by atoms with E-state index >= 15 is 0 Å². The molecular weight excluding hydrogens is 232 g/mol. The molecule has 6 heteroatoms. The molecule has 1 aliphatic heterocycles. The summed E-state index contributed by atoms with van der Waals surface area (Å²) in [5, 5.41) is 5.38. The molecule has 2 N–H and O–H groups in total. The van der Waals surface area contributed by atoms with Crippen LogP contribution >= 0.6 is 0 Å². The lowest BCUT2D eigenvalue weighted by Crippen LogP contribution is -2.36. The van der Waals surface area contributed by atoms with Crippen molar-refractivity contribution >= 4 is 17.5 Å². The number of ether oxygens (including phenoxy) is 1. The van der Waals surface area contributed by atoms with Crippen LogP contribution in [0.15, 0.2) is 18.3 Å². The van der Waals surface area contributed by atoms with E-state index in [4.69, 9.17) is 4.74 Å². The second kappa shape index (κ2) is 6.20.